The third-order valence-corrected chi connectivity index (χ3v) is 2.72. The van der Waals surface area contributed by atoms with Crippen LogP contribution in [0.4, 0.5) is 4.39 Å². The number of rotatable bonds is 2. The van der Waals surface area contributed by atoms with Crippen LogP contribution in [0.3, 0.4) is 0 Å². The molecule has 0 atom stereocenters. The third-order valence-electron chi connectivity index (χ3n) is 2.72. The summed E-state index contributed by atoms with van der Waals surface area (Å²) in [5.74, 6) is -0.641. The van der Waals surface area contributed by atoms with Crippen LogP contribution in [-0.4, -0.2) is 12.1 Å². The Hall–Kier alpha value is -1.38. The van der Waals surface area contributed by atoms with E-state index in [1.807, 2.05) is 0 Å². The van der Waals surface area contributed by atoms with Crippen LogP contribution in [0, 0.1) is 12.7 Å². The number of hydrogen-bond donors (Lipinski definition) is 0. The molecule has 0 aliphatic heterocycles. The van der Waals surface area contributed by atoms with Gasteiger partial charge in [-0.2, -0.15) is 0 Å². The number of carbonyl (C=O) groups excluding carboxylic acids is 1. The normalized spacial score (nSPS) is 15.9. The van der Waals surface area contributed by atoms with Crippen LogP contribution in [0.25, 0.3) is 0 Å². The lowest BCUT2D eigenvalue weighted by Crippen LogP contribution is -2.25. The lowest BCUT2D eigenvalue weighted by molar-refractivity contribution is 0.00899. The topological polar surface area (TPSA) is 26.3 Å². The van der Waals surface area contributed by atoms with E-state index in [9.17, 15) is 9.18 Å². The van der Waals surface area contributed by atoms with Crippen molar-refractivity contribution in [3.05, 3.63) is 35.1 Å². The van der Waals surface area contributed by atoms with Crippen molar-refractivity contribution in [3.63, 3.8) is 0 Å². The molecule has 1 saturated carbocycles. The lowest BCUT2D eigenvalue weighted by Gasteiger charge is -2.25. The van der Waals surface area contributed by atoms with Crippen LogP contribution in [0.15, 0.2) is 18.2 Å². The molecule has 1 aliphatic rings. The molecule has 1 fully saturated rings. The number of aryl methyl sites for hydroxylation is 1. The van der Waals surface area contributed by atoms with Crippen LogP contribution in [-0.2, 0) is 4.74 Å². The van der Waals surface area contributed by atoms with Gasteiger partial charge in [0.2, 0.25) is 0 Å². The second-order valence-electron chi connectivity index (χ2n) is 3.92. The molecule has 0 heterocycles. The lowest BCUT2D eigenvalue weighted by atomic mass is 9.96. The number of carbonyl (C=O) groups is 1. The van der Waals surface area contributed by atoms with Gasteiger partial charge in [0, 0.05) is 0 Å². The van der Waals surface area contributed by atoms with Gasteiger partial charge >= 0.3 is 5.97 Å². The number of benzene rings is 1. The molecular formula is C12H13FO2. The summed E-state index contributed by atoms with van der Waals surface area (Å²) in [5, 5.41) is 0. The van der Waals surface area contributed by atoms with Crippen molar-refractivity contribution in [1.82, 2.24) is 0 Å². The minimum absolute atomic E-state index is 0.0721. The first-order valence-electron chi connectivity index (χ1n) is 5.14. The zero-order valence-electron chi connectivity index (χ0n) is 8.63. The molecule has 0 spiro atoms. The van der Waals surface area contributed by atoms with Crippen molar-refractivity contribution in [3.8, 4) is 0 Å². The molecule has 0 amide bonds. The first-order chi connectivity index (χ1) is 7.16. The molecule has 2 nitrogen and oxygen atoms in total. The van der Waals surface area contributed by atoms with E-state index < -0.39 is 0 Å². The zero-order chi connectivity index (χ0) is 10.8. The molecule has 3 heteroatoms. The second kappa shape index (κ2) is 4.01. The van der Waals surface area contributed by atoms with E-state index in [0.717, 1.165) is 19.3 Å². The molecule has 0 saturated heterocycles. The van der Waals surface area contributed by atoms with Gasteiger partial charge in [0.15, 0.2) is 0 Å². The number of ether oxygens (including phenoxy) is 1. The van der Waals surface area contributed by atoms with Crippen molar-refractivity contribution in [1.29, 1.82) is 0 Å². The van der Waals surface area contributed by atoms with Gasteiger partial charge in [-0.05, 0) is 49.9 Å². The summed E-state index contributed by atoms with van der Waals surface area (Å²) in [6.45, 7) is 1.63. The largest absolute Gasteiger partial charge is 0.459 e. The average molecular weight is 208 g/mol. The summed E-state index contributed by atoms with van der Waals surface area (Å²) in [4.78, 5) is 11.6. The smallest absolute Gasteiger partial charge is 0.338 e. The highest BCUT2D eigenvalue weighted by atomic mass is 19.1. The van der Waals surface area contributed by atoms with Crippen molar-refractivity contribution >= 4 is 5.97 Å². The second-order valence-corrected chi connectivity index (χ2v) is 3.92. The quantitative estimate of drug-likeness (QED) is 0.698. The summed E-state index contributed by atoms with van der Waals surface area (Å²) in [7, 11) is 0. The van der Waals surface area contributed by atoms with Crippen molar-refractivity contribution in [2.75, 3.05) is 0 Å². The zero-order valence-corrected chi connectivity index (χ0v) is 8.63. The van der Waals surface area contributed by atoms with Gasteiger partial charge in [-0.3, -0.25) is 0 Å². The van der Waals surface area contributed by atoms with Crippen LogP contribution < -0.4 is 0 Å². The molecule has 1 aromatic rings. The average Bonchev–Trinajstić information content (AvgIpc) is 2.15. The first-order valence-corrected chi connectivity index (χ1v) is 5.14. The Balaban J connectivity index is 2.07. The van der Waals surface area contributed by atoms with Gasteiger partial charge in [0.05, 0.1) is 5.56 Å². The number of hydrogen-bond acceptors (Lipinski definition) is 2. The molecule has 0 aromatic heterocycles. The summed E-state index contributed by atoms with van der Waals surface area (Å²) in [5.41, 5.74) is 0.902. The maximum atomic E-state index is 12.9. The van der Waals surface area contributed by atoms with Crippen molar-refractivity contribution in [2.24, 2.45) is 0 Å². The van der Waals surface area contributed by atoms with Crippen molar-refractivity contribution < 1.29 is 13.9 Å². The first kappa shape index (κ1) is 10.1. The van der Waals surface area contributed by atoms with Crippen LogP contribution >= 0.6 is 0 Å². The maximum Gasteiger partial charge on any atom is 0.338 e. The van der Waals surface area contributed by atoms with Crippen molar-refractivity contribution in [2.45, 2.75) is 32.3 Å². The number of halogens is 1. The highest BCUT2D eigenvalue weighted by Crippen LogP contribution is 2.23. The van der Waals surface area contributed by atoms with Gasteiger partial charge < -0.3 is 4.74 Å². The Kier molecular flexibility index (Phi) is 2.71. The Morgan fingerprint density at radius 3 is 2.73 bits per heavy atom. The van der Waals surface area contributed by atoms with Gasteiger partial charge in [-0.1, -0.05) is 0 Å². The molecule has 1 aliphatic carbocycles. The summed E-state index contributed by atoms with van der Waals surface area (Å²) in [6, 6.07) is 4.28. The maximum absolute atomic E-state index is 12.9. The van der Waals surface area contributed by atoms with E-state index >= 15 is 0 Å². The van der Waals surface area contributed by atoms with E-state index in [0.29, 0.717) is 11.1 Å². The van der Waals surface area contributed by atoms with Gasteiger partial charge in [0.1, 0.15) is 11.9 Å². The Bertz CT molecular complexity index is 383. The highest BCUT2D eigenvalue weighted by Gasteiger charge is 2.22. The molecule has 0 radical (unpaired) electrons. The fraction of sp³-hybridized carbons (Fsp3) is 0.417. The fourth-order valence-corrected chi connectivity index (χ4v) is 1.48. The monoisotopic (exact) mass is 208 g/mol. The standard InChI is InChI=1S/C12H13FO2/c1-8-7-9(5-6-11(8)13)12(14)15-10-3-2-4-10/h5-7,10H,2-4H2,1H3. The Morgan fingerprint density at radius 2 is 2.20 bits per heavy atom. The van der Waals surface area contributed by atoms with Gasteiger partial charge in [-0.15, -0.1) is 0 Å². The Morgan fingerprint density at radius 1 is 1.47 bits per heavy atom. The van der Waals surface area contributed by atoms with Crippen LogP contribution in [0.1, 0.15) is 35.2 Å². The molecule has 15 heavy (non-hydrogen) atoms. The minimum Gasteiger partial charge on any atom is -0.459 e. The fourth-order valence-electron chi connectivity index (χ4n) is 1.48. The molecule has 2 rings (SSSR count). The Labute approximate surface area is 88.1 Å². The minimum atomic E-state index is -0.345. The van der Waals surface area contributed by atoms with Gasteiger partial charge in [-0.25, -0.2) is 9.18 Å². The predicted molar refractivity (Wildman–Crippen MR) is 54.2 cm³/mol. The molecule has 0 unspecified atom stereocenters. The highest BCUT2D eigenvalue weighted by molar-refractivity contribution is 5.89. The number of esters is 1. The predicted octanol–water partition coefficient (Wildman–Crippen LogP) is 2.84. The van der Waals surface area contributed by atoms with Crippen LogP contribution in [0.5, 0.6) is 0 Å². The van der Waals surface area contributed by atoms with E-state index in [4.69, 9.17) is 4.74 Å². The van der Waals surface area contributed by atoms with E-state index in [2.05, 4.69) is 0 Å². The van der Waals surface area contributed by atoms with Gasteiger partial charge in [0.25, 0.3) is 0 Å². The molecule has 0 N–H and O–H groups in total. The molecule has 80 valence electrons. The summed E-state index contributed by atoms with van der Waals surface area (Å²) >= 11 is 0. The summed E-state index contributed by atoms with van der Waals surface area (Å²) < 4.78 is 18.2. The molecule has 1 aromatic carbocycles. The van der Waals surface area contributed by atoms with E-state index in [-0.39, 0.29) is 17.9 Å². The SMILES string of the molecule is Cc1cc(C(=O)OC2CCC2)ccc1F. The molecule has 0 bridgehead atoms. The third kappa shape index (κ3) is 2.17. The van der Waals surface area contributed by atoms with E-state index in [1.165, 1.54) is 18.2 Å². The van der Waals surface area contributed by atoms with E-state index in [1.54, 1.807) is 6.92 Å². The summed E-state index contributed by atoms with van der Waals surface area (Å²) in [6.07, 6.45) is 3.10. The molecular weight excluding hydrogens is 195 g/mol. The van der Waals surface area contributed by atoms with Crippen LogP contribution in [0.2, 0.25) is 0 Å².